The molecule has 130 valence electrons. The zero-order chi connectivity index (χ0) is 17.1. The maximum Gasteiger partial charge on any atom is 0.257 e. The quantitative estimate of drug-likeness (QED) is 0.839. The number of ether oxygens (including phenoxy) is 1. The van der Waals surface area contributed by atoms with E-state index < -0.39 is 0 Å². The van der Waals surface area contributed by atoms with Gasteiger partial charge < -0.3 is 9.64 Å². The van der Waals surface area contributed by atoms with Gasteiger partial charge in [0.05, 0.1) is 18.8 Å². The number of hydrogen-bond acceptors (Lipinski definition) is 6. The van der Waals surface area contributed by atoms with Gasteiger partial charge in [-0.1, -0.05) is 0 Å². The highest BCUT2D eigenvalue weighted by molar-refractivity contribution is 5.93. The lowest BCUT2D eigenvalue weighted by molar-refractivity contribution is 0.0736. The second-order valence-corrected chi connectivity index (χ2v) is 6.70. The molecule has 0 aromatic carbocycles. The van der Waals surface area contributed by atoms with Crippen molar-refractivity contribution in [2.45, 2.75) is 25.2 Å². The molecule has 1 aliphatic carbocycles. The van der Waals surface area contributed by atoms with Crippen LogP contribution in [-0.2, 0) is 11.2 Å². The van der Waals surface area contributed by atoms with Crippen LogP contribution < -0.4 is 0 Å². The highest BCUT2D eigenvalue weighted by Crippen LogP contribution is 2.37. The van der Waals surface area contributed by atoms with E-state index in [-0.39, 0.29) is 11.8 Å². The predicted molar refractivity (Wildman–Crippen MR) is 90.0 cm³/mol. The predicted octanol–water partition coefficient (Wildman–Crippen LogP) is 1.48. The van der Waals surface area contributed by atoms with E-state index in [0.29, 0.717) is 37.8 Å². The van der Waals surface area contributed by atoms with Crippen molar-refractivity contribution < 1.29 is 9.53 Å². The van der Waals surface area contributed by atoms with Crippen LogP contribution in [0, 0.1) is 5.92 Å². The molecule has 0 radical (unpaired) electrons. The first-order valence-corrected chi connectivity index (χ1v) is 8.73. The molecule has 1 atom stereocenters. The maximum atomic E-state index is 12.8. The molecule has 1 saturated carbocycles. The number of carbonyl (C=O) groups is 1. The Kier molecular flexibility index (Phi) is 4.65. The molecule has 1 aliphatic heterocycles. The van der Waals surface area contributed by atoms with Gasteiger partial charge in [-0.05, 0) is 25.3 Å². The first-order valence-electron chi connectivity index (χ1n) is 8.73. The van der Waals surface area contributed by atoms with Crippen molar-refractivity contribution in [3.63, 3.8) is 0 Å². The Labute approximate surface area is 146 Å². The van der Waals surface area contributed by atoms with Gasteiger partial charge in [-0.25, -0.2) is 19.9 Å². The van der Waals surface area contributed by atoms with Crippen molar-refractivity contribution in [1.29, 1.82) is 0 Å². The second kappa shape index (κ2) is 7.23. The van der Waals surface area contributed by atoms with Crippen LogP contribution >= 0.6 is 0 Å². The molecule has 3 heterocycles. The zero-order valence-corrected chi connectivity index (χ0v) is 14.0. The molecule has 1 amide bonds. The normalized spacial score (nSPS) is 21.0. The molecule has 0 bridgehead atoms. The van der Waals surface area contributed by atoms with Crippen molar-refractivity contribution in [2.24, 2.45) is 5.92 Å². The summed E-state index contributed by atoms with van der Waals surface area (Å²) in [5.41, 5.74) is 1.52. The summed E-state index contributed by atoms with van der Waals surface area (Å²) in [5, 5.41) is 0. The Morgan fingerprint density at radius 3 is 2.80 bits per heavy atom. The number of nitrogens with zero attached hydrogens (tertiary/aromatic N) is 5. The summed E-state index contributed by atoms with van der Waals surface area (Å²) in [6, 6.07) is 1.90. The van der Waals surface area contributed by atoms with Crippen LogP contribution in [0.5, 0.6) is 0 Å². The molecule has 2 aliphatic rings. The van der Waals surface area contributed by atoms with Crippen LogP contribution in [0.3, 0.4) is 0 Å². The van der Waals surface area contributed by atoms with Gasteiger partial charge in [-0.3, -0.25) is 4.79 Å². The van der Waals surface area contributed by atoms with Crippen molar-refractivity contribution in [3.05, 3.63) is 48.1 Å². The van der Waals surface area contributed by atoms with Crippen LogP contribution in [0.4, 0.5) is 0 Å². The van der Waals surface area contributed by atoms with Gasteiger partial charge in [0.2, 0.25) is 0 Å². The summed E-state index contributed by atoms with van der Waals surface area (Å²) in [7, 11) is 0. The molecule has 4 rings (SSSR count). The first-order chi connectivity index (χ1) is 12.3. The number of rotatable bonds is 4. The molecular weight excluding hydrogens is 318 g/mol. The summed E-state index contributed by atoms with van der Waals surface area (Å²) in [6.07, 6.45) is 9.69. The van der Waals surface area contributed by atoms with E-state index >= 15 is 0 Å². The molecule has 1 saturated heterocycles. The second-order valence-electron chi connectivity index (χ2n) is 6.70. The first kappa shape index (κ1) is 16.1. The molecule has 25 heavy (non-hydrogen) atoms. The Balaban J connectivity index is 1.43. The fourth-order valence-corrected chi connectivity index (χ4v) is 3.11. The summed E-state index contributed by atoms with van der Waals surface area (Å²) >= 11 is 0. The van der Waals surface area contributed by atoms with Crippen molar-refractivity contribution >= 4 is 5.91 Å². The number of hydrogen-bond donors (Lipinski definition) is 0. The Morgan fingerprint density at radius 2 is 2.08 bits per heavy atom. The lowest BCUT2D eigenvalue weighted by Crippen LogP contribution is -2.36. The van der Waals surface area contributed by atoms with Crippen molar-refractivity contribution in [2.75, 3.05) is 26.3 Å². The van der Waals surface area contributed by atoms with E-state index in [1.54, 1.807) is 24.9 Å². The van der Waals surface area contributed by atoms with Gasteiger partial charge >= 0.3 is 0 Å². The smallest absolute Gasteiger partial charge is 0.257 e. The third kappa shape index (κ3) is 3.99. The van der Waals surface area contributed by atoms with Gasteiger partial charge in [0, 0.05) is 49.2 Å². The molecule has 1 unspecified atom stereocenters. The maximum absolute atomic E-state index is 12.8. The minimum Gasteiger partial charge on any atom is -0.379 e. The minimum atomic E-state index is -0.0273. The van der Waals surface area contributed by atoms with Gasteiger partial charge in [-0.15, -0.1) is 0 Å². The summed E-state index contributed by atoms with van der Waals surface area (Å²) < 4.78 is 5.69. The number of carbonyl (C=O) groups excluding carboxylic acids is 1. The lowest BCUT2D eigenvalue weighted by Gasteiger charge is -2.23. The molecule has 7 nitrogen and oxygen atoms in total. The Morgan fingerprint density at radius 1 is 1.24 bits per heavy atom. The van der Waals surface area contributed by atoms with E-state index in [2.05, 4.69) is 19.9 Å². The monoisotopic (exact) mass is 339 g/mol. The molecular formula is C18H21N5O2. The SMILES string of the molecule is O=C(c1cnc(C2CC2)nc1)N1CCOCC(Cc2ccncn2)C1. The van der Waals surface area contributed by atoms with E-state index in [9.17, 15) is 4.79 Å². The molecule has 0 N–H and O–H groups in total. The highest BCUT2D eigenvalue weighted by atomic mass is 16.5. The molecule has 7 heteroatoms. The average Bonchev–Trinajstić information content (AvgIpc) is 3.50. The van der Waals surface area contributed by atoms with E-state index in [1.807, 2.05) is 11.0 Å². The standard InChI is InChI=1S/C18H21N5O2/c24-18(15-8-20-17(21-9-15)14-1-2-14)23-5-6-25-11-13(10-23)7-16-3-4-19-12-22-16/h3-4,8-9,12-14H,1-2,5-7,10-11H2. The third-order valence-electron chi connectivity index (χ3n) is 4.63. The molecule has 2 fully saturated rings. The molecule has 2 aromatic heterocycles. The van der Waals surface area contributed by atoms with E-state index in [0.717, 1.165) is 30.8 Å². The fraction of sp³-hybridized carbons (Fsp3) is 0.500. The average molecular weight is 339 g/mol. The van der Waals surface area contributed by atoms with E-state index in [4.69, 9.17) is 4.74 Å². The van der Waals surface area contributed by atoms with Gasteiger partial charge in [0.1, 0.15) is 12.2 Å². The van der Waals surface area contributed by atoms with Crippen molar-refractivity contribution in [3.8, 4) is 0 Å². The highest BCUT2D eigenvalue weighted by Gasteiger charge is 2.28. The molecule has 0 spiro atoms. The number of aromatic nitrogens is 4. The Bertz CT molecular complexity index is 718. The fourth-order valence-electron chi connectivity index (χ4n) is 3.11. The van der Waals surface area contributed by atoms with Crippen LogP contribution in [-0.4, -0.2) is 57.0 Å². The zero-order valence-electron chi connectivity index (χ0n) is 14.0. The summed E-state index contributed by atoms with van der Waals surface area (Å²) in [6.45, 7) is 2.41. The van der Waals surface area contributed by atoms with Crippen molar-refractivity contribution in [1.82, 2.24) is 24.8 Å². The number of amides is 1. The van der Waals surface area contributed by atoms with Gasteiger partial charge in [-0.2, -0.15) is 0 Å². The van der Waals surface area contributed by atoms with Crippen LogP contribution in [0.15, 0.2) is 31.0 Å². The Hall–Kier alpha value is -2.41. The third-order valence-corrected chi connectivity index (χ3v) is 4.63. The van der Waals surface area contributed by atoms with Crippen LogP contribution in [0.25, 0.3) is 0 Å². The van der Waals surface area contributed by atoms with Gasteiger partial charge in [0.25, 0.3) is 5.91 Å². The largest absolute Gasteiger partial charge is 0.379 e. The van der Waals surface area contributed by atoms with Crippen LogP contribution in [0.2, 0.25) is 0 Å². The summed E-state index contributed by atoms with van der Waals surface area (Å²) in [4.78, 5) is 31.6. The topological polar surface area (TPSA) is 81.1 Å². The van der Waals surface area contributed by atoms with Gasteiger partial charge in [0.15, 0.2) is 0 Å². The van der Waals surface area contributed by atoms with E-state index in [1.165, 1.54) is 0 Å². The lowest BCUT2D eigenvalue weighted by atomic mass is 10.0. The van der Waals surface area contributed by atoms with Crippen LogP contribution in [0.1, 0.15) is 40.6 Å². The minimum absolute atomic E-state index is 0.0273. The summed E-state index contributed by atoms with van der Waals surface area (Å²) in [5.74, 6) is 1.54. The molecule has 2 aromatic rings.